The molecule has 0 saturated heterocycles. The van der Waals surface area contributed by atoms with Crippen molar-refractivity contribution in [2.45, 2.75) is 18.9 Å². The maximum atomic E-state index is 12.0. The summed E-state index contributed by atoms with van der Waals surface area (Å²) in [6.45, 7) is 0.594. The fraction of sp³-hybridized carbons (Fsp3) is 0.462. The minimum absolute atomic E-state index is 0.230. The van der Waals surface area contributed by atoms with Crippen LogP contribution in [0.1, 0.15) is 12.8 Å². The largest absolute Gasteiger partial charge is 0.495 e. The van der Waals surface area contributed by atoms with Gasteiger partial charge in [0, 0.05) is 24.3 Å². The molecule has 7 heteroatoms. The maximum Gasteiger partial charge on any atom is 0.241 e. The van der Waals surface area contributed by atoms with Crippen LogP contribution in [0, 0.1) is 0 Å². The second-order valence-corrected chi connectivity index (χ2v) is 5.91. The van der Waals surface area contributed by atoms with E-state index in [0.29, 0.717) is 24.5 Å². The van der Waals surface area contributed by atoms with Gasteiger partial charge >= 0.3 is 0 Å². The van der Waals surface area contributed by atoms with Gasteiger partial charge in [-0.25, -0.2) is 0 Å². The molecule has 0 aliphatic rings. The summed E-state index contributed by atoms with van der Waals surface area (Å²) in [5.41, 5.74) is 6.46. The highest BCUT2D eigenvalue weighted by Gasteiger charge is 2.15. The van der Waals surface area contributed by atoms with Crippen LogP contribution in [0.25, 0.3) is 0 Å². The van der Waals surface area contributed by atoms with E-state index < -0.39 is 6.04 Å². The SMILES string of the molecule is COCCCC(N)C(=O)Nc1cc(OC)c(Br)cc1Br. The summed E-state index contributed by atoms with van der Waals surface area (Å²) >= 11 is 6.76. The van der Waals surface area contributed by atoms with Crippen LogP contribution in [0.15, 0.2) is 21.1 Å². The van der Waals surface area contributed by atoms with Gasteiger partial charge in [-0.3, -0.25) is 4.79 Å². The normalized spacial score (nSPS) is 12.1. The smallest absolute Gasteiger partial charge is 0.241 e. The molecular weight excluding hydrogens is 392 g/mol. The highest BCUT2D eigenvalue weighted by Crippen LogP contribution is 2.34. The zero-order valence-corrected chi connectivity index (χ0v) is 14.6. The van der Waals surface area contributed by atoms with E-state index >= 15 is 0 Å². The number of amides is 1. The molecule has 0 aliphatic carbocycles. The Kier molecular flexibility index (Phi) is 7.50. The molecule has 1 amide bonds. The van der Waals surface area contributed by atoms with Gasteiger partial charge in [-0.05, 0) is 50.8 Å². The van der Waals surface area contributed by atoms with E-state index in [1.54, 1.807) is 20.3 Å². The number of ether oxygens (including phenoxy) is 2. The molecule has 0 spiro atoms. The average Bonchev–Trinajstić information content (AvgIpc) is 2.41. The maximum absolute atomic E-state index is 12.0. The van der Waals surface area contributed by atoms with Crippen LogP contribution in [0.2, 0.25) is 0 Å². The zero-order valence-electron chi connectivity index (χ0n) is 11.4. The summed E-state index contributed by atoms with van der Waals surface area (Å²) < 4.78 is 11.7. The van der Waals surface area contributed by atoms with E-state index in [4.69, 9.17) is 15.2 Å². The summed E-state index contributed by atoms with van der Waals surface area (Å²) in [4.78, 5) is 12.0. The predicted molar refractivity (Wildman–Crippen MR) is 86.1 cm³/mol. The number of halogens is 2. The third kappa shape index (κ3) is 5.05. The lowest BCUT2D eigenvalue weighted by Gasteiger charge is -2.14. The van der Waals surface area contributed by atoms with E-state index in [1.807, 2.05) is 6.07 Å². The molecule has 20 heavy (non-hydrogen) atoms. The molecule has 0 radical (unpaired) electrons. The van der Waals surface area contributed by atoms with Crippen LogP contribution in [0.5, 0.6) is 5.75 Å². The van der Waals surface area contributed by atoms with Crippen molar-refractivity contribution in [1.29, 1.82) is 0 Å². The second-order valence-electron chi connectivity index (χ2n) is 4.20. The molecule has 1 unspecified atom stereocenters. The van der Waals surface area contributed by atoms with Gasteiger partial charge in [-0.1, -0.05) is 0 Å². The molecule has 0 fully saturated rings. The van der Waals surface area contributed by atoms with Gasteiger partial charge in [0.15, 0.2) is 0 Å². The van der Waals surface area contributed by atoms with Gasteiger partial charge in [0.1, 0.15) is 5.75 Å². The van der Waals surface area contributed by atoms with Crippen molar-refractivity contribution >= 4 is 43.5 Å². The van der Waals surface area contributed by atoms with E-state index in [1.165, 1.54) is 0 Å². The molecule has 1 rings (SSSR count). The van der Waals surface area contributed by atoms with E-state index in [2.05, 4.69) is 37.2 Å². The Hall–Kier alpha value is -0.630. The predicted octanol–water partition coefficient (Wildman–Crippen LogP) is 2.91. The lowest BCUT2D eigenvalue weighted by Crippen LogP contribution is -2.35. The number of anilines is 1. The monoisotopic (exact) mass is 408 g/mol. The Labute approximate surface area is 135 Å². The van der Waals surface area contributed by atoms with Crippen LogP contribution >= 0.6 is 31.9 Å². The summed E-state index contributed by atoms with van der Waals surface area (Å²) in [7, 11) is 3.19. The summed E-state index contributed by atoms with van der Waals surface area (Å²) in [5, 5.41) is 2.79. The third-order valence-electron chi connectivity index (χ3n) is 2.70. The average molecular weight is 410 g/mol. The molecule has 0 bridgehead atoms. The standard InChI is InChI=1S/C13H18Br2N2O3/c1-19-5-3-4-10(16)13(18)17-11-7-12(20-2)9(15)6-8(11)14/h6-7,10H,3-5,16H2,1-2H3,(H,17,18). The Morgan fingerprint density at radius 3 is 2.65 bits per heavy atom. The van der Waals surface area contributed by atoms with Gasteiger partial charge in [0.2, 0.25) is 5.91 Å². The van der Waals surface area contributed by atoms with Gasteiger partial charge < -0.3 is 20.5 Å². The number of hydrogen-bond donors (Lipinski definition) is 2. The van der Waals surface area contributed by atoms with Crippen molar-refractivity contribution < 1.29 is 14.3 Å². The van der Waals surface area contributed by atoms with Crippen molar-refractivity contribution in [3.05, 3.63) is 21.1 Å². The molecule has 3 N–H and O–H groups in total. The first-order valence-electron chi connectivity index (χ1n) is 6.08. The molecule has 1 aromatic carbocycles. The van der Waals surface area contributed by atoms with Crippen LogP contribution in [0.4, 0.5) is 5.69 Å². The number of rotatable bonds is 7. The van der Waals surface area contributed by atoms with E-state index in [-0.39, 0.29) is 5.91 Å². The number of carbonyl (C=O) groups is 1. The van der Waals surface area contributed by atoms with Gasteiger partial charge in [0.25, 0.3) is 0 Å². The van der Waals surface area contributed by atoms with E-state index in [0.717, 1.165) is 15.4 Å². The molecule has 112 valence electrons. The van der Waals surface area contributed by atoms with Crippen molar-refractivity contribution in [3.8, 4) is 5.75 Å². The second kappa shape index (κ2) is 8.61. The number of nitrogens with two attached hydrogens (primary N) is 1. The van der Waals surface area contributed by atoms with E-state index in [9.17, 15) is 4.79 Å². The Morgan fingerprint density at radius 1 is 1.35 bits per heavy atom. The molecular formula is C13H18Br2N2O3. The van der Waals surface area contributed by atoms with Crippen molar-refractivity contribution in [3.63, 3.8) is 0 Å². The topological polar surface area (TPSA) is 73.6 Å². The minimum Gasteiger partial charge on any atom is -0.495 e. The molecule has 0 aromatic heterocycles. The van der Waals surface area contributed by atoms with Crippen LogP contribution in [0.3, 0.4) is 0 Å². The Balaban J connectivity index is 2.70. The fourth-order valence-electron chi connectivity index (χ4n) is 1.59. The summed E-state index contributed by atoms with van der Waals surface area (Å²) in [5.74, 6) is 0.405. The van der Waals surface area contributed by atoms with Crippen LogP contribution < -0.4 is 15.8 Å². The third-order valence-corrected chi connectivity index (χ3v) is 3.98. The molecule has 1 aromatic rings. The van der Waals surface area contributed by atoms with Gasteiger partial charge in [-0.2, -0.15) is 0 Å². The number of hydrogen-bond acceptors (Lipinski definition) is 4. The summed E-state index contributed by atoms with van der Waals surface area (Å²) in [6.07, 6.45) is 1.32. The highest BCUT2D eigenvalue weighted by molar-refractivity contribution is 9.11. The van der Waals surface area contributed by atoms with Crippen molar-refractivity contribution in [2.75, 3.05) is 26.1 Å². The summed E-state index contributed by atoms with van der Waals surface area (Å²) in [6, 6.07) is 2.98. The zero-order chi connectivity index (χ0) is 15.1. The lowest BCUT2D eigenvalue weighted by atomic mass is 10.1. The first-order chi connectivity index (χ1) is 9.49. The molecule has 0 aliphatic heterocycles. The first-order valence-corrected chi connectivity index (χ1v) is 7.66. The molecule has 1 atom stereocenters. The van der Waals surface area contributed by atoms with Crippen molar-refractivity contribution in [1.82, 2.24) is 0 Å². The van der Waals surface area contributed by atoms with Gasteiger partial charge in [0.05, 0.1) is 23.3 Å². The number of methoxy groups -OCH3 is 2. The first kappa shape index (κ1) is 17.4. The highest BCUT2D eigenvalue weighted by atomic mass is 79.9. The molecule has 0 saturated carbocycles. The number of nitrogens with one attached hydrogen (secondary N) is 1. The number of benzene rings is 1. The van der Waals surface area contributed by atoms with Crippen LogP contribution in [-0.4, -0.2) is 32.8 Å². The van der Waals surface area contributed by atoms with Gasteiger partial charge in [-0.15, -0.1) is 0 Å². The minimum atomic E-state index is -0.563. The van der Waals surface area contributed by atoms with Crippen LogP contribution in [-0.2, 0) is 9.53 Å². The fourth-order valence-corrected chi connectivity index (χ4v) is 2.84. The molecule has 5 nitrogen and oxygen atoms in total. The molecule has 0 heterocycles. The van der Waals surface area contributed by atoms with Crippen molar-refractivity contribution in [2.24, 2.45) is 5.73 Å². The Morgan fingerprint density at radius 2 is 2.05 bits per heavy atom. The number of carbonyl (C=O) groups excluding carboxylic acids is 1. The Bertz CT molecular complexity index is 469. The lowest BCUT2D eigenvalue weighted by molar-refractivity contribution is -0.117. The quantitative estimate of drug-likeness (QED) is 0.679.